The van der Waals surface area contributed by atoms with Crippen molar-refractivity contribution in [3.8, 4) is 5.75 Å². The molecule has 6 heteroatoms. The van der Waals surface area contributed by atoms with Gasteiger partial charge in [0.25, 0.3) is 5.91 Å². The van der Waals surface area contributed by atoms with Gasteiger partial charge in [0.15, 0.2) is 6.61 Å². The maximum absolute atomic E-state index is 11.5. The van der Waals surface area contributed by atoms with E-state index >= 15 is 0 Å². The van der Waals surface area contributed by atoms with Gasteiger partial charge in [0.2, 0.25) is 5.91 Å². The number of hydrogen-bond donors (Lipinski definition) is 2. The molecule has 0 bridgehead atoms. The van der Waals surface area contributed by atoms with Crippen molar-refractivity contribution in [2.24, 2.45) is 0 Å². The number of carbonyl (C=O) groups excluding carboxylic acids is 2. The Hall–Kier alpha value is -2.08. The molecule has 2 amide bonds. The Morgan fingerprint density at radius 2 is 1.81 bits per heavy atom. The Morgan fingerprint density at radius 3 is 2.48 bits per heavy atom. The SMILES string of the molecule is CCOCCC(=O)NNC(=O)COc1ccc(C)c(C)c1. The molecule has 6 nitrogen and oxygen atoms in total. The zero-order valence-electron chi connectivity index (χ0n) is 12.7. The molecular weight excluding hydrogens is 272 g/mol. The van der Waals surface area contributed by atoms with E-state index in [1.54, 1.807) is 6.07 Å². The summed E-state index contributed by atoms with van der Waals surface area (Å²) in [5.74, 6) is -0.100. The first-order chi connectivity index (χ1) is 10.0. The van der Waals surface area contributed by atoms with Gasteiger partial charge in [-0.05, 0) is 44.0 Å². The monoisotopic (exact) mass is 294 g/mol. The van der Waals surface area contributed by atoms with Gasteiger partial charge in [-0.25, -0.2) is 0 Å². The van der Waals surface area contributed by atoms with Crippen LogP contribution in [0.1, 0.15) is 24.5 Å². The van der Waals surface area contributed by atoms with E-state index in [1.165, 1.54) is 0 Å². The molecule has 0 spiro atoms. The van der Waals surface area contributed by atoms with Gasteiger partial charge in [0, 0.05) is 6.61 Å². The summed E-state index contributed by atoms with van der Waals surface area (Å²) in [6.45, 7) is 6.56. The maximum atomic E-state index is 11.5. The summed E-state index contributed by atoms with van der Waals surface area (Å²) in [5.41, 5.74) is 6.84. The van der Waals surface area contributed by atoms with Crippen molar-refractivity contribution in [1.82, 2.24) is 10.9 Å². The van der Waals surface area contributed by atoms with Crippen LogP contribution in [0.2, 0.25) is 0 Å². The zero-order chi connectivity index (χ0) is 15.7. The first-order valence-electron chi connectivity index (χ1n) is 6.88. The van der Waals surface area contributed by atoms with Crippen LogP contribution in [0, 0.1) is 13.8 Å². The lowest BCUT2D eigenvalue weighted by Gasteiger charge is -2.10. The third-order valence-corrected chi connectivity index (χ3v) is 2.87. The number of benzene rings is 1. The molecule has 0 aromatic heterocycles. The lowest BCUT2D eigenvalue weighted by molar-refractivity contribution is -0.130. The van der Waals surface area contributed by atoms with Crippen LogP contribution in [-0.4, -0.2) is 31.6 Å². The van der Waals surface area contributed by atoms with Crippen LogP contribution in [0.5, 0.6) is 5.75 Å². The normalized spacial score (nSPS) is 10.0. The van der Waals surface area contributed by atoms with Gasteiger partial charge in [-0.1, -0.05) is 6.07 Å². The number of hydrogen-bond acceptors (Lipinski definition) is 4. The van der Waals surface area contributed by atoms with E-state index in [9.17, 15) is 9.59 Å². The van der Waals surface area contributed by atoms with Crippen molar-refractivity contribution in [3.05, 3.63) is 29.3 Å². The molecule has 0 heterocycles. The number of ether oxygens (including phenoxy) is 2. The zero-order valence-corrected chi connectivity index (χ0v) is 12.7. The predicted octanol–water partition coefficient (Wildman–Crippen LogP) is 1.26. The molecule has 0 unspecified atom stereocenters. The fraction of sp³-hybridized carbons (Fsp3) is 0.467. The standard InChI is InChI=1S/C15H22N2O4/c1-4-20-8-7-14(18)16-17-15(19)10-21-13-6-5-11(2)12(3)9-13/h5-6,9H,4,7-8,10H2,1-3H3,(H,16,18)(H,17,19). The fourth-order valence-electron chi connectivity index (χ4n) is 1.50. The largest absolute Gasteiger partial charge is 0.484 e. The molecular formula is C15H22N2O4. The first kappa shape index (κ1) is 17.0. The molecule has 0 fully saturated rings. The Labute approximate surface area is 124 Å². The molecule has 0 aliphatic rings. The fourth-order valence-corrected chi connectivity index (χ4v) is 1.50. The van der Waals surface area contributed by atoms with Gasteiger partial charge in [-0.3, -0.25) is 20.4 Å². The van der Waals surface area contributed by atoms with Crippen LogP contribution in [0.15, 0.2) is 18.2 Å². The van der Waals surface area contributed by atoms with E-state index in [0.717, 1.165) is 11.1 Å². The average molecular weight is 294 g/mol. The minimum Gasteiger partial charge on any atom is -0.484 e. The number of carbonyl (C=O) groups is 2. The number of amides is 2. The van der Waals surface area contributed by atoms with Gasteiger partial charge in [0.05, 0.1) is 13.0 Å². The highest BCUT2D eigenvalue weighted by molar-refractivity contribution is 5.82. The van der Waals surface area contributed by atoms with Gasteiger partial charge in [-0.15, -0.1) is 0 Å². The van der Waals surface area contributed by atoms with Gasteiger partial charge < -0.3 is 9.47 Å². The molecule has 116 valence electrons. The van der Waals surface area contributed by atoms with Crippen molar-refractivity contribution < 1.29 is 19.1 Å². The minimum atomic E-state index is -0.419. The van der Waals surface area contributed by atoms with Crippen molar-refractivity contribution in [3.63, 3.8) is 0 Å². The molecule has 0 saturated heterocycles. The Morgan fingerprint density at radius 1 is 1.10 bits per heavy atom. The molecule has 1 aromatic rings. The highest BCUT2D eigenvalue weighted by Gasteiger charge is 2.06. The smallest absolute Gasteiger partial charge is 0.276 e. The van der Waals surface area contributed by atoms with Crippen LogP contribution >= 0.6 is 0 Å². The number of rotatable bonds is 7. The third-order valence-electron chi connectivity index (χ3n) is 2.87. The van der Waals surface area contributed by atoms with Crippen LogP contribution < -0.4 is 15.6 Å². The summed E-state index contributed by atoms with van der Waals surface area (Å²) in [4.78, 5) is 22.9. The predicted molar refractivity (Wildman–Crippen MR) is 78.8 cm³/mol. The van der Waals surface area contributed by atoms with Crippen molar-refractivity contribution >= 4 is 11.8 Å². The Bertz CT molecular complexity index is 489. The number of aryl methyl sites for hydroxylation is 2. The second-order valence-corrected chi connectivity index (χ2v) is 4.58. The average Bonchev–Trinajstić information content (AvgIpc) is 2.46. The molecule has 1 aromatic carbocycles. The molecule has 0 saturated carbocycles. The lowest BCUT2D eigenvalue weighted by atomic mass is 10.1. The molecule has 0 radical (unpaired) electrons. The van der Waals surface area contributed by atoms with Crippen LogP contribution in [-0.2, 0) is 14.3 Å². The summed E-state index contributed by atoms with van der Waals surface area (Å²) in [6, 6.07) is 5.59. The summed E-state index contributed by atoms with van der Waals surface area (Å²) in [5, 5.41) is 0. The van der Waals surface area contributed by atoms with E-state index in [1.807, 2.05) is 32.9 Å². The molecule has 21 heavy (non-hydrogen) atoms. The Balaban J connectivity index is 2.24. The Kier molecular flexibility index (Phi) is 7.25. The lowest BCUT2D eigenvalue weighted by Crippen LogP contribution is -2.44. The molecule has 0 atom stereocenters. The minimum absolute atomic E-state index is 0.158. The van der Waals surface area contributed by atoms with Crippen LogP contribution in [0.25, 0.3) is 0 Å². The third kappa shape index (κ3) is 6.76. The second-order valence-electron chi connectivity index (χ2n) is 4.58. The van der Waals surface area contributed by atoms with Gasteiger partial charge >= 0.3 is 0 Å². The second kappa shape index (κ2) is 8.97. The summed E-state index contributed by atoms with van der Waals surface area (Å²) in [6.07, 6.45) is 0.201. The highest BCUT2D eigenvalue weighted by atomic mass is 16.5. The first-order valence-corrected chi connectivity index (χ1v) is 6.88. The molecule has 0 aliphatic carbocycles. The van der Waals surface area contributed by atoms with Crippen LogP contribution in [0.4, 0.5) is 0 Å². The van der Waals surface area contributed by atoms with Crippen molar-refractivity contribution in [1.29, 1.82) is 0 Å². The van der Waals surface area contributed by atoms with E-state index in [-0.39, 0.29) is 18.9 Å². The van der Waals surface area contributed by atoms with Crippen molar-refractivity contribution in [2.45, 2.75) is 27.2 Å². The maximum Gasteiger partial charge on any atom is 0.276 e. The van der Waals surface area contributed by atoms with E-state index < -0.39 is 5.91 Å². The van der Waals surface area contributed by atoms with E-state index in [2.05, 4.69) is 10.9 Å². The summed E-state index contributed by atoms with van der Waals surface area (Å²) in [7, 11) is 0. The van der Waals surface area contributed by atoms with E-state index in [4.69, 9.17) is 9.47 Å². The van der Waals surface area contributed by atoms with Gasteiger partial charge in [0.1, 0.15) is 5.75 Å². The number of nitrogens with one attached hydrogen (secondary N) is 2. The molecule has 0 aliphatic heterocycles. The quantitative estimate of drug-likeness (QED) is 0.586. The topological polar surface area (TPSA) is 76.7 Å². The summed E-state index contributed by atoms with van der Waals surface area (Å²) >= 11 is 0. The van der Waals surface area contributed by atoms with E-state index in [0.29, 0.717) is 19.0 Å². The van der Waals surface area contributed by atoms with Gasteiger partial charge in [-0.2, -0.15) is 0 Å². The van der Waals surface area contributed by atoms with Crippen molar-refractivity contribution in [2.75, 3.05) is 19.8 Å². The summed E-state index contributed by atoms with van der Waals surface area (Å²) < 4.78 is 10.4. The molecule has 2 N–H and O–H groups in total. The van der Waals surface area contributed by atoms with Crippen LogP contribution in [0.3, 0.4) is 0 Å². The highest BCUT2D eigenvalue weighted by Crippen LogP contribution is 2.16. The number of hydrazine groups is 1. The molecule has 1 rings (SSSR count).